The number of halogens is 5. The van der Waals surface area contributed by atoms with Crippen molar-refractivity contribution in [2.45, 2.75) is 30.8 Å². The number of nitrogens with zero attached hydrogens (tertiary/aromatic N) is 1. The van der Waals surface area contributed by atoms with Crippen LogP contribution < -0.4 is 18.9 Å². The third kappa shape index (κ3) is 6.71. The van der Waals surface area contributed by atoms with Crippen molar-refractivity contribution in [3.63, 3.8) is 0 Å². The van der Waals surface area contributed by atoms with E-state index in [1.165, 1.54) is 97.1 Å². The van der Waals surface area contributed by atoms with Crippen LogP contribution in [-0.4, -0.2) is 35.0 Å². The zero-order valence-corrected chi connectivity index (χ0v) is 30.4. The van der Waals surface area contributed by atoms with E-state index < -0.39 is 52.5 Å². The first-order valence-corrected chi connectivity index (χ1v) is 18.3. The number of likely N-dealkylation sites (tertiary alicyclic amines) is 1. The molecule has 1 saturated heterocycles. The van der Waals surface area contributed by atoms with Crippen LogP contribution in [0.5, 0.6) is 23.0 Å². The summed E-state index contributed by atoms with van der Waals surface area (Å²) in [7, 11) is 0. The molecule has 8 nitrogen and oxygen atoms in total. The van der Waals surface area contributed by atoms with Gasteiger partial charge in [-0.15, -0.1) is 0 Å². The molecule has 1 amide bonds. The van der Waals surface area contributed by atoms with E-state index in [4.69, 9.17) is 24.1 Å². The average Bonchev–Trinajstić information content (AvgIpc) is 3.80. The van der Waals surface area contributed by atoms with Crippen molar-refractivity contribution in [2.24, 2.45) is 0 Å². The van der Waals surface area contributed by atoms with Crippen LogP contribution in [0.25, 0.3) is 0 Å². The Bertz CT molecular complexity index is 2470. The number of hydrogen-bond donors (Lipinski definition) is 1. The summed E-state index contributed by atoms with van der Waals surface area (Å²) < 4.78 is 97.4. The number of aromatic carboxylic acids is 1. The smallest absolute Gasteiger partial charge is 0.335 e. The number of carboxylic acids is 1. The van der Waals surface area contributed by atoms with E-state index in [2.05, 4.69) is 0 Å². The van der Waals surface area contributed by atoms with Gasteiger partial charge in [-0.3, -0.25) is 4.79 Å². The Balaban J connectivity index is 0.000000165. The second kappa shape index (κ2) is 15.2. The van der Waals surface area contributed by atoms with Gasteiger partial charge < -0.3 is 29.0 Å². The van der Waals surface area contributed by atoms with E-state index in [1.54, 1.807) is 29.2 Å². The number of piperidine rings is 1. The van der Waals surface area contributed by atoms with E-state index in [-0.39, 0.29) is 56.4 Å². The molecule has 0 spiro atoms. The first-order chi connectivity index (χ1) is 28.0. The van der Waals surface area contributed by atoms with Crippen LogP contribution in [0.2, 0.25) is 0 Å². The normalized spacial score (nSPS) is 15.6. The summed E-state index contributed by atoms with van der Waals surface area (Å²) in [6, 6.07) is 29.2. The van der Waals surface area contributed by atoms with Gasteiger partial charge in [-0.05, 0) is 92.1 Å². The molecule has 294 valence electrons. The molecular weight excluding hydrogens is 761 g/mol. The van der Waals surface area contributed by atoms with Crippen molar-refractivity contribution < 1.29 is 55.6 Å². The minimum Gasteiger partial charge on any atom is -0.478 e. The molecule has 3 aliphatic rings. The summed E-state index contributed by atoms with van der Waals surface area (Å²) in [5.74, 6) is -8.59. The SMILES string of the molecule is O=C(O)c1ccc2c(c1)OC(c1ccccc1F)(c1ccccc1F)O2.O=C(c1cc2c(cc1F)OC(c1ccccc1F)(c1ccccc1F)O2)N1CCCCC1. The van der Waals surface area contributed by atoms with Crippen LogP contribution in [0.3, 0.4) is 0 Å². The lowest BCUT2D eigenvalue weighted by Crippen LogP contribution is -2.38. The third-order valence-corrected chi connectivity index (χ3v) is 10.0. The molecule has 6 aromatic carbocycles. The predicted octanol–water partition coefficient (Wildman–Crippen LogP) is 9.74. The van der Waals surface area contributed by atoms with Gasteiger partial charge in [0.15, 0.2) is 23.0 Å². The summed E-state index contributed by atoms with van der Waals surface area (Å²) in [5.41, 5.74) is -0.343. The number of rotatable bonds is 6. The zero-order valence-electron chi connectivity index (χ0n) is 30.4. The molecule has 0 aliphatic carbocycles. The highest BCUT2D eigenvalue weighted by Crippen LogP contribution is 2.51. The van der Waals surface area contributed by atoms with Crippen molar-refractivity contribution in [2.75, 3.05) is 13.1 Å². The van der Waals surface area contributed by atoms with Crippen LogP contribution in [-0.2, 0) is 11.6 Å². The Labute approximate surface area is 328 Å². The molecule has 58 heavy (non-hydrogen) atoms. The topological polar surface area (TPSA) is 94.5 Å². The molecule has 3 heterocycles. The molecule has 6 aromatic rings. The maximum absolute atomic E-state index is 14.9. The maximum atomic E-state index is 14.9. The molecule has 1 N–H and O–H groups in total. The Morgan fingerprint density at radius 3 is 1.31 bits per heavy atom. The highest BCUT2D eigenvalue weighted by Gasteiger charge is 2.50. The fraction of sp³-hybridized carbons (Fsp3) is 0.156. The zero-order chi connectivity index (χ0) is 40.6. The van der Waals surface area contributed by atoms with Gasteiger partial charge >= 0.3 is 17.5 Å². The molecule has 0 bridgehead atoms. The van der Waals surface area contributed by atoms with Gasteiger partial charge in [0, 0.05) is 19.2 Å². The Kier molecular flexibility index (Phi) is 9.97. The van der Waals surface area contributed by atoms with Gasteiger partial charge in [0.1, 0.15) is 29.1 Å². The summed E-state index contributed by atoms with van der Waals surface area (Å²) in [5, 5.41) is 9.15. The van der Waals surface area contributed by atoms with Gasteiger partial charge in [0.25, 0.3) is 5.91 Å². The van der Waals surface area contributed by atoms with Crippen LogP contribution in [0.15, 0.2) is 127 Å². The summed E-state index contributed by atoms with van der Waals surface area (Å²) >= 11 is 0. The van der Waals surface area contributed by atoms with Crippen molar-refractivity contribution in [1.82, 2.24) is 4.90 Å². The number of carboxylic acid groups (broad SMARTS) is 1. The number of hydrogen-bond acceptors (Lipinski definition) is 6. The summed E-state index contributed by atoms with van der Waals surface area (Å²) in [6.07, 6.45) is 2.75. The molecule has 9 rings (SSSR count). The van der Waals surface area contributed by atoms with E-state index in [1.807, 2.05) is 0 Å². The van der Waals surface area contributed by atoms with Gasteiger partial charge in [-0.1, -0.05) is 48.5 Å². The first kappa shape index (κ1) is 38.0. The molecule has 0 aromatic heterocycles. The number of benzene rings is 6. The van der Waals surface area contributed by atoms with E-state index in [9.17, 15) is 31.5 Å². The van der Waals surface area contributed by atoms with Crippen molar-refractivity contribution in [1.29, 1.82) is 0 Å². The number of carbonyl (C=O) groups is 2. The Hall–Kier alpha value is -6.89. The molecule has 13 heteroatoms. The quantitative estimate of drug-likeness (QED) is 0.168. The molecule has 0 saturated carbocycles. The second-order valence-corrected chi connectivity index (χ2v) is 13.7. The number of amides is 1. The van der Waals surface area contributed by atoms with Crippen LogP contribution in [0.1, 0.15) is 62.2 Å². The average molecular weight is 794 g/mol. The lowest BCUT2D eigenvalue weighted by molar-refractivity contribution is -0.0519. The van der Waals surface area contributed by atoms with Crippen LogP contribution in [0.4, 0.5) is 22.0 Å². The number of carbonyl (C=O) groups excluding carboxylic acids is 1. The van der Waals surface area contributed by atoms with Crippen molar-refractivity contribution >= 4 is 11.9 Å². The van der Waals surface area contributed by atoms with Crippen LogP contribution in [0, 0.1) is 29.1 Å². The van der Waals surface area contributed by atoms with Crippen LogP contribution >= 0.6 is 0 Å². The predicted molar refractivity (Wildman–Crippen MR) is 199 cm³/mol. The minimum absolute atomic E-state index is 0.0156. The van der Waals surface area contributed by atoms with Gasteiger partial charge in [-0.25, -0.2) is 26.7 Å². The van der Waals surface area contributed by atoms with Crippen molar-refractivity contribution in [3.8, 4) is 23.0 Å². The number of ether oxygens (including phenoxy) is 4. The molecule has 0 radical (unpaired) electrons. The van der Waals surface area contributed by atoms with Crippen molar-refractivity contribution in [3.05, 3.63) is 190 Å². The maximum Gasteiger partial charge on any atom is 0.335 e. The highest BCUT2D eigenvalue weighted by atomic mass is 19.1. The third-order valence-electron chi connectivity index (χ3n) is 10.0. The molecule has 3 aliphatic heterocycles. The minimum atomic E-state index is -2.00. The standard InChI is InChI=1S/C25H20F3NO3.C20H12F2O4/c26-19-10-4-2-8-17(19)25(18-9-3-5-11-20(18)27)31-22-14-16(21(28)15-23(22)32-25)24(30)29-12-6-1-7-13-29;21-15-7-3-1-5-13(15)20(14-6-2-4-8-16(14)22)25-17-10-9-12(19(23)24)11-18(17)26-20/h2-5,8-11,14-15H,1,6-7,12-13H2;1-11H,(H,23,24). The van der Waals surface area contributed by atoms with Gasteiger partial charge in [0.05, 0.1) is 33.4 Å². The summed E-state index contributed by atoms with van der Waals surface area (Å²) in [6.45, 7) is 1.11. The van der Waals surface area contributed by atoms with E-state index in [0.29, 0.717) is 13.1 Å². The molecular formula is C45H32F5NO7. The fourth-order valence-corrected chi connectivity index (χ4v) is 7.23. The first-order valence-electron chi connectivity index (χ1n) is 18.3. The molecule has 1 fully saturated rings. The van der Waals surface area contributed by atoms with Gasteiger partial charge in [-0.2, -0.15) is 0 Å². The Morgan fingerprint density at radius 2 is 0.879 bits per heavy atom. The highest BCUT2D eigenvalue weighted by molar-refractivity contribution is 5.95. The monoisotopic (exact) mass is 793 g/mol. The molecule has 0 atom stereocenters. The van der Waals surface area contributed by atoms with E-state index >= 15 is 0 Å². The second-order valence-electron chi connectivity index (χ2n) is 13.7. The number of fused-ring (bicyclic) bond motifs is 2. The molecule has 0 unspecified atom stereocenters. The summed E-state index contributed by atoms with van der Waals surface area (Å²) in [4.78, 5) is 25.7. The lowest BCUT2D eigenvalue weighted by atomic mass is 9.96. The Morgan fingerprint density at radius 1 is 0.483 bits per heavy atom. The van der Waals surface area contributed by atoms with Gasteiger partial charge in [0.2, 0.25) is 0 Å². The largest absolute Gasteiger partial charge is 0.478 e. The lowest BCUT2D eigenvalue weighted by Gasteiger charge is -2.29. The van der Waals surface area contributed by atoms with E-state index in [0.717, 1.165) is 25.3 Å². The fourth-order valence-electron chi connectivity index (χ4n) is 7.23.